The number of aromatic nitrogens is 5. The van der Waals surface area contributed by atoms with Crippen LogP contribution in [0.4, 0.5) is 0 Å². The molecule has 5 heteroatoms. The fraction of sp³-hybridized carbons (Fsp3) is 0. The highest BCUT2D eigenvalue weighted by atomic mass is 15.0. The zero-order valence-corrected chi connectivity index (χ0v) is 24.8. The van der Waals surface area contributed by atoms with Gasteiger partial charge in [-0.2, -0.15) is 0 Å². The Morgan fingerprint density at radius 2 is 0.739 bits per heavy atom. The summed E-state index contributed by atoms with van der Waals surface area (Å²) in [5.74, 6) is 2.46. The molecule has 0 saturated carbocycles. The summed E-state index contributed by atoms with van der Waals surface area (Å²) >= 11 is 0. The van der Waals surface area contributed by atoms with Crippen molar-refractivity contribution in [3.05, 3.63) is 164 Å². The maximum Gasteiger partial charge on any atom is 0.164 e. The highest BCUT2D eigenvalue weighted by Gasteiger charge is 2.20. The number of benzene rings is 6. The topological polar surface area (TPSA) is 64.5 Å². The fourth-order valence-electron chi connectivity index (χ4n) is 5.71. The second kappa shape index (κ2) is 12.0. The van der Waals surface area contributed by atoms with Crippen molar-refractivity contribution in [2.24, 2.45) is 0 Å². The first-order valence-corrected chi connectivity index (χ1v) is 15.2. The number of hydrogen-bond acceptors (Lipinski definition) is 5. The molecule has 8 rings (SSSR count). The van der Waals surface area contributed by atoms with Crippen molar-refractivity contribution in [2.45, 2.75) is 0 Å². The molecule has 46 heavy (non-hydrogen) atoms. The van der Waals surface area contributed by atoms with E-state index in [2.05, 4.69) is 54.6 Å². The van der Waals surface area contributed by atoms with Gasteiger partial charge in [0.05, 0.1) is 11.4 Å². The Morgan fingerprint density at radius 1 is 0.304 bits per heavy atom. The van der Waals surface area contributed by atoms with Crippen LogP contribution in [0.25, 0.3) is 78.8 Å². The van der Waals surface area contributed by atoms with E-state index in [4.69, 9.17) is 24.9 Å². The molecule has 0 spiro atoms. The number of fused-ring (bicyclic) bond motifs is 1. The molecule has 0 radical (unpaired) electrons. The maximum atomic E-state index is 5.21. The molecular weight excluding hydrogens is 562 g/mol. The standard InChI is InChI=1S/C41H27N5/c1-5-16-29(17-6-1)35-27-36(43-38(42-35)30-18-7-2-8-19-30)37-33-24-14-13-15-28(33)25-26-34(37)41-45-39(31-20-9-3-10-21-31)44-40(46-41)32-22-11-4-12-23-32/h1-27H. The second-order valence-electron chi connectivity index (χ2n) is 10.9. The van der Waals surface area contributed by atoms with Gasteiger partial charge in [0.2, 0.25) is 0 Å². The van der Waals surface area contributed by atoms with E-state index >= 15 is 0 Å². The first kappa shape index (κ1) is 27.2. The number of nitrogens with zero attached hydrogens (tertiary/aromatic N) is 5. The van der Waals surface area contributed by atoms with Crippen molar-refractivity contribution in [1.29, 1.82) is 0 Å². The van der Waals surface area contributed by atoms with Gasteiger partial charge in [-0.25, -0.2) is 24.9 Å². The molecule has 0 bridgehead atoms. The summed E-state index contributed by atoms with van der Waals surface area (Å²) in [5, 5.41) is 2.16. The molecule has 0 amide bonds. The average Bonchev–Trinajstić information content (AvgIpc) is 3.15. The van der Waals surface area contributed by atoms with E-state index in [1.165, 1.54) is 0 Å². The van der Waals surface area contributed by atoms with E-state index in [-0.39, 0.29) is 0 Å². The fourth-order valence-corrected chi connectivity index (χ4v) is 5.71. The third-order valence-electron chi connectivity index (χ3n) is 7.95. The summed E-state index contributed by atoms with van der Waals surface area (Å²) < 4.78 is 0. The van der Waals surface area contributed by atoms with Crippen LogP contribution in [-0.2, 0) is 0 Å². The molecule has 2 aromatic heterocycles. The molecule has 0 aliphatic rings. The normalized spacial score (nSPS) is 11.0. The van der Waals surface area contributed by atoms with Crippen molar-refractivity contribution in [3.8, 4) is 68.1 Å². The van der Waals surface area contributed by atoms with Gasteiger partial charge in [0.25, 0.3) is 0 Å². The lowest BCUT2D eigenvalue weighted by Gasteiger charge is -2.16. The summed E-state index contributed by atoms with van der Waals surface area (Å²) in [4.78, 5) is 25.4. The van der Waals surface area contributed by atoms with E-state index in [1.54, 1.807) is 0 Å². The van der Waals surface area contributed by atoms with Crippen molar-refractivity contribution in [3.63, 3.8) is 0 Å². The van der Waals surface area contributed by atoms with Gasteiger partial charge in [0, 0.05) is 33.4 Å². The SMILES string of the molecule is c1ccc(-c2cc(-c3c(-c4nc(-c5ccccc5)nc(-c5ccccc5)n4)ccc4ccccc34)nc(-c3ccccc3)n2)cc1. The largest absolute Gasteiger partial charge is 0.228 e. The zero-order chi connectivity index (χ0) is 30.7. The minimum absolute atomic E-state index is 0.578. The lowest BCUT2D eigenvalue weighted by molar-refractivity contribution is 1.07. The molecule has 0 unspecified atom stereocenters. The molecule has 0 atom stereocenters. The summed E-state index contributed by atoms with van der Waals surface area (Å²) in [6, 6.07) is 55.1. The Labute approximate surface area is 267 Å². The molecular formula is C41H27N5. The Balaban J connectivity index is 1.43. The van der Waals surface area contributed by atoms with Gasteiger partial charge in [-0.3, -0.25) is 0 Å². The van der Waals surface area contributed by atoms with Gasteiger partial charge in [-0.1, -0.05) is 152 Å². The molecule has 6 aromatic carbocycles. The van der Waals surface area contributed by atoms with Crippen LogP contribution in [0.15, 0.2) is 164 Å². The van der Waals surface area contributed by atoms with Gasteiger partial charge in [0.15, 0.2) is 23.3 Å². The van der Waals surface area contributed by atoms with E-state index in [0.29, 0.717) is 23.3 Å². The van der Waals surface area contributed by atoms with Gasteiger partial charge in [-0.05, 0) is 22.9 Å². The first-order chi connectivity index (χ1) is 22.8. The van der Waals surface area contributed by atoms with E-state index in [1.807, 2.05) is 109 Å². The minimum atomic E-state index is 0.578. The molecule has 0 fully saturated rings. The summed E-state index contributed by atoms with van der Waals surface area (Å²) in [6.45, 7) is 0. The molecule has 2 heterocycles. The van der Waals surface area contributed by atoms with Crippen molar-refractivity contribution in [2.75, 3.05) is 0 Å². The van der Waals surface area contributed by atoms with Crippen LogP contribution in [0.3, 0.4) is 0 Å². The summed E-state index contributed by atoms with van der Waals surface area (Å²) in [6.07, 6.45) is 0. The van der Waals surface area contributed by atoms with Crippen LogP contribution in [0.2, 0.25) is 0 Å². The lowest BCUT2D eigenvalue weighted by Crippen LogP contribution is -2.02. The molecule has 5 nitrogen and oxygen atoms in total. The van der Waals surface area contributed by atoms with Crippen LogP contribution in [-0.4, -0.2) is 24.9 Å². The van der Waals surface area contributed by atoms with Gasteiger partial charge < -0.3 is 0 Å². The van der Waals surface area contributed by atoms with Crippen molar-refractivity contribution < 1.29 is 0 Å². The molecule has 216 valence electrons. The predicted molar refractivity (Wildman–Crippen MR) is 186 cm³/mol. The van der Waals surface area contributed by atoms with Crippen LogP contribution in [0.1, 0.15) is 0 Å². The highest BCUT2D eigenvalue weighted by Crippen LogP contribution is 2.39. The molecule has 8 aromatic rings. The minimum Gasteiger partial charge on any atom is -0.228 e. The van der Waals surface area contributed by atoms with Crippen LogP contribution < -0.4 is 0 Å². The number of rotatable bonds is 6. The van der Waals surface area contributed by atoms with Gasteiger partial charge in [-0.15, -0.1) is 0 Å². The lowest BCUT2D eigenvalue weighted by atomic mass is 9.94. The maximum absolute atomic E-state index is 5.21. The van der Waals surface area contributed by atoms with Gasteiger partial charge >= 0.3 is 0 Å². The molecule has 0 aliphatic carbocycles. The predicted octanol–water partition coefficient (Wildman–Crippen LogP) is 9.82. The summed E-state index contributed by atoms with van der Waals surface area (Å²) in [7, 11) is 0. The monoisotopic (exact) mass is 589 g/mol. The smallest absolute Gasteiger partial charge is 0.164 e. The van der Waals surface area contributed by atoms with E-state index in [9.17, 15) is 0 Å². The van der Waals surface area contributed by atoms with Crippen LogP contribution in [0, 0.1) is 0 Å². The quantitative estimate of drug-likeness (QED) is 0.193. The number of hydrogen-bond donors (Lipinski definition) is 0. The highest BCUT2D eigenvalue weighted by molar-refractivity contribution is 6.03. The zero-order valence-electron chi connectivity index (χ0n) is 24.8. The van der Waals surface area contributed by atoms with Crippen LogP contribution in [0.5, 0.6) is 0 Å². The second-order valence-corrected chi connectivity index (χ2v) is 10.9. The third kappa shape index (κ3) is 5.31. The molecule has 0 saturated heterocycles. The first-order valence-electron chi connectivity index (χ1n) is 15.2. The molecule has 0 aliphatic heterocycles. The van der Waals surface area contributed by atoms with E-state index < -0.39 is 0 Å². The van der Waals surface area contributed by atoms with Crippen molar-refractivity contribution in [1.82, 2.24) is 24.9 Å². The Kier molecular flexibility index (Phi) is 7.09. The molecule has 0 N–H and O–H groups in total. The van der Waals surface area contributed by atoms with E-state index in [0.717, 1.165) is 55.5 Å². The Bertz CT molecular complexity index is 2170. The van der Waals surface area contributed by atoms with Crippen molar-refractivity contribution >= 4 is 10.8 Å². The Hall–Kier alpha value is -6.33. The third-order valence-corrected chi connectivity index (χ3v) is 7.95. The van der Waals surface area contributed by atoms with Crippen LogP contribution >= 0.6 is 0 Å². The summed E-state index contributed by atoms with van der Waals surface area (Å²) in [5.41, 5.74) is 7.25. The Morgan fingerprint density at radius 3 is 1.30 bits per heavy atom. The van der Waals surface area contributed by atoms with Gasteiger partial charge in [0.1, 0.15) is 0 Å². The average molecular weight is 590 g/mol.